The second-order valence-electron chi connectivity index (χ2n) is 6.54. The van der Waals surface area contributed by atoms with Gasteiger partial charge >= 0.3 is 0 Å². The van der Waals surface area contributed by atoms with Gasteiger partial charge in [-0.2, -0.15) is 4.31 Å². The summed E-state index contributed by atoms with van der Waals surface area (Å²) in [4.78, 5) is 10.4. The van der Waals surface area contributed by atoms with Crippen molar-refractivity contribution in [3.05, 3.63) is 57.5 Å². The van der Waals surface area contributed by atoms with E-state index in [1.54, 1.807) is 6.07 Å². The molecule has 0 saturated heterocycles. The molecule has 2 aromatic rings. The van der Waals surface area contributed by atoms with Crippen LogP contribution in [0.1, 0.15) is 36.3 Å². The maximum Gasteiger partial charge on any atom is 0.273 e. The van der Waals surface area contributed by atoms with Crippen LogP contribution in [-0.4, -0.2) is 24.7 Å². The Kier molecular flexibility index (Phi) is 4.42. The lowest BCUT2D eigenvalue weighted by atomic mass is 10.2. The summed E-state index contributed by atoms with van der Waals surface area (Å²) in [6.45, 7) is 3.67. The number of rotatable bonds is 6. The quantitative estimate of drug-likeness (QED) is 0.578. The third-order valence-electron chi connectivity index (χ3n) is 4.68. The molecule has 0 spiro atoms. The highest BCUT2D eigenvalue weighted by atomic mass is 32.2. The summed E-state index contributed by atoms with van der Waals surface area (Å²) in [5.74, 6) is 2.48. The molecule has 1 aromatic heterocycles. The standard InChI is InChI=1S/C17H20N2O5S/c1-11-9-14(11)16-8-7-13(24-16)10-18(3)25(22,23)17-6-4-5-15(12(17)2)19(20)21/h4-8,11,14H,9-10H2,1-3H3/t11-,14+/m1/s1. The molecule has 134 valence electrons. The van der Waals surface area contributed by atoms with E-state index in [4.69, 9.17) is 4.42 Å². The molecule has 1 aliphatic carbocycles. The molecular weight excluding hydrogens is 344 g/mol. The van der Waals surface area contributed by atoms with Crippen LogP contribution in [0.3, 0.4) is 0 Å². The van der Waals surface area contributed by atoms with E-state index in [0.29, 0.717) is 17.6 Å². The van der Waals surface area contributed by atoms with Crippen LogP contribution in [0.4, 0.5) is 5.69 Å². The zero-order valence-corrected chi connectivity index (χ0v) is 15.1. The average Bonchev–Trinajstić information content (AvgIpc) is 3.09. The first-order chi connectivity index (χ1) is 11.7. The van der Waals surface area contributed by atoms with Gasteiger partial charge in [-0.3, -0.25) is 10.1 Å². The third-order valence-corrected chi connectivity index (χ3v) is 6.62. The van der Waals surface area contributed by atoms with Crippen LogP contribution >= 0.6 is 0 Å². The number of nitro groups is 1. The zero-order chi connectivity index (χ0) is 18.4. The second-order valence-corrected chi connectivity index (χ2v) is 8.56. The minimum Gasteiger partial charge on any atom is -0.464 e. The van der Waals surface area contributed by atoms with Crippen LogP contribution in [0.15, 0.2) is 39.6 Å². The van der Waals surface area contributed by atoms with Gasteiger partial charge in [-0.1, -0.05) is 13.0 Å². The SMILES string of the molecule is Cc1c([N+](=O)[O-])cccc1S(=O)(=O)N(C)Cc1ccc([C@H]2C[C@H]2C)o1. The molecule has 1 aromatic carbocycles. The largest absolute Gasteiger partial charge is 0.464 e. The molecule has 0 N–H and O–H groups in total. The summed E-state index contributed by atoms with van der Waals surface area (Å²) in [6.07, 6.45) is 1.09. The molecule has 0 unspecified atom stereocenters. The van der Waals surface area contributed by atoms with Crippen molar-refractivity contribution in [2.75, 3.05) is 7.05 Å². The summed E-state index contributed by atoms with van der Waals surface area (Å²) in [7, 11) is -2.42. The predicted molar refractivity (Wildman–Crippen MR) is 91.7 cm³/mol. The van der Waals surface area contributed by atoms with Gasteiger partial charge < -0.3 is 4.42 Å². The Morgan fingerprint density at radius 2 is 2.00 bits per heavy atom. The minimum atomic E-state index is -3.86. The maximum atomic E-state index is 12.8. The molecule has 25 heavy (non-hydrogen) atoms. The second kappa shape index (κ2) is 6.27. The number of furan rings is 1. The lowest BCUT2D eigenvalue weighted by molar-refractivity contribution is -0.385. The molecule has 7 nitrogen and oxygen atoms in total. The lowest BCUT2D eigenvalue weighted by Gasteiger charge is -2.17. The zero-order valence-electron chi connectivity index (χ0n) is 14.3. The average molecular weight is 364 g/mol. The number of sulfonamides is 1. The van der Waals surface area contributed by atoms with Crippen molar-refractivity contribution in [1.29, 1.82) is 0 Å². The molecule has 1 fully saturated rings. The highest BCUT2D eigenvalue weighted by Crippen LogP contribution is 2.47. The Balaban J connectivity index is 1.83. The molecule has 8 heteroatoms. The van der Waals surface area contributed by atoms with E-state index in [9.17, 15) is 18.5 Å². The normalized spacial score (nSPS) is 20.0. The van der Waals surface area contributed by atoms with Gasteiger partial charge in [0.1, 0.15) is 11.5 Å². The Morgan fingerprint density at radius 3 is 2.60 bits per heavy atom. The Hall–Kier alpha value is -2.19. The molecule has 3 rings (SSSR count). The van der Waals surface area contributed by atoms with Gasteiger partial charge in [-0.15, -0.1) is 0 Å². The fraction of sp³-hybridized carbons (Fsp3) is 0.412. The van der Waals surface area contributed by atoms with E-state index in [0.717, 1.165) is 16.5 Å². The number of hydrogen-bond acceptors (Lipinski definition) is 5. The van der Waals surface area contributed by atoms with Crippen molar-refractivity contribution in [2.24, 2.45) is 5.92 Å². The van der Waals surface area contributed by atoms with Gasteiger partial charge in [0.05, 0.1) is 16.4 Å². The van der Waals surface area contributed by atoms with Gasteiger partial charge in [0.15, 0.2) is 0 Å². The molecule has 1 aliphatic rings. The smallest absolute Gasteiger partial charge is 0.273 e. The minimum absolute atomic E-state index is 0.0632. The molecule has 0 amide bonds. The fourth-order valence-electron chi connectivity index (χ4n) is 2.95. The van der Waals surface area contributed by atoms with Crippen molar-refractivity contribution >= 4 is 15.7 Å². The monoisotopic (exact) mass is 364 g/mol. The summed E-state index contributed by atoms with van der Waals surface area (Å²) >= 11 is 0. The number of benzene rings is 1. The van der Waals surface area contributed by atoms with Crippen molar-refractivity contribution < 1.29 is 17.8 Å². The number of hydrogen-bond donors (Lipinski definition) is 0. The summed E-state index contributed by atoms with van der Waals surface area (Å²) in [6, 6.07) is 7.73. The van der Waals surface area contributed by atoms with Gasteiger partial charge in [0.2, 0.25) is 10.0 Å². The van der Waals surface area contributed by atoms with Crippen LogP contribution in [-0.2, 0) is 16.6 Å². The molecule has 2 atom stereocenters. The van der Waals surface area contributed by atoms with Gasteiger partial charge in [0, 0.05) is 24.6 Å². The van der Waals surface area contributed by atoms with E-state index >= 15 is 0 Å². The van der Waals surface area contributed by atoms with Crippen molar-refractivity contribution in [1.82, 2.24) is 4.31 Å². The molecule has 1 saturated carbocycles. The van der Waals surface area contributed by atoms with Crippen LogP contribution in [0, 0.1) is 23.0 Å². The van der Waals surface area contributed by atoms with Gasteiger partial charge in [0.25, 0.3) is 5.69 Å². The van der Waals surface area contributed by atoms with Crippen LogP contribution in [0.25, 0.3) is 0 Å². The topological polar surface area (TPSA) is 93.7 Å². The maximum absolute atomic E-state index is 12.8. The first kappa shape index (κ1) is 17.6. The Morgan fingerprint density at radius 1 is 1.32 bits per heavy atom. The summed E-state index contributed by atoms with van der Waals surface area (Å²) in [5.41, 5.74) is -0.0798. The van der Waals surface area contributed by atoms with E-state index in [1.165, 1.54) is 32.2 Å². The number of nitro benzene ring substituents is 1. The summed E-state index contributed by atoms with van der Waals surface area (Å²) < 4.78 is 32.5. The van der Waals surface area contributed by atoms with E-state index < -0.39 is 14.9 Å². The Labute approximate surface area is 146 Å². The molecular formula is C17H20N2O5S. The van der Waals surface area contributed by atoms with Gasteiger partial charge in [-0.05, 0) is 37.5 Å². The van der Waals surface area contributed by atoms with E-state index in [1.807, 2.05) is 6.07 Å². The lowest BCUT2D eigenvalue weighted by Crippen LogP contribution is -2.27. The number of nitrogens with zero attached hydrogens (tertiary/aromatic N) is 2. The first-order valence-electron chi connectivity index (χ1n) is 8.00. The fourth-order valence-corrected chi connectivity index (χ4v) is 4.32. The predicted octanol–water partition coefficient (Wildman–Crippen LogP) is 3.44. The highest BCUT2D eigenvalue weighted by molar-refractivity contribution is 7.89. The first-order valence-corrected chi connectivity index (χ1v) is 9.44. The third kappa shape index (κ3) is 3.32. The van der Waals surface area contributed by atoms with Crippen molar-refractivity contribution in [2.45, 2.75) is 37.6 Å². The molecule has 1 heterocycles. The van der Waals surface area contributed by atoms with Gasteiger partial charge in [-0.25, -0.2) is 8.42 Å². The molecule has 0 radical (unpaired) electrons. The van der Waals surface area contributed by atoms with Crippen LogP contribution in [0.2, 0.25) is 0 Å². The van der Waals surface area contributed by atoms with E-state index in [2.05, 4.69) is 6.92 Å². The van der Waals surface area contributed by atoms with E-state index in [-0.39, 0.29) is 22.7 Å². The summed E-state index contributed by atoms with van der Waals surface area (Å²) in [5, 5.41) is 11.0. The van der Waals surface area contributed by atoms with Crippen LogP contribution in [0.5, 0.6) is 0 Å². The highest BCUT2D eigenvalue weighted by Gasteiger charge is 2.37. The van der Waals surface area contributed by atoms with Crippen molar-refractivity contribution in [3.8, 4) is 0 Å². The molecule has 0 bridgehead atoms. The van der Waals surface area contributed by atoms with Crippen LogP contribution < -0.4 is 0 Å². The van der Waals surface area contributed by atoms with Crippen molar-refractivity contribution in [3.63, 3.8) is 0 Å². The molecule has 0 aliphatic heterocycles. The Bertz CT molecular complexity index is 919.